The Morgan fingerprint density at radius 2 is 0.930 bits per heavy atom. The average molecular weight is 753 g/mol. The van der Waals surface area contributed by atoms with Crippen LogP contribution >= 0.6 is 0 Å². The van der Waals surface area contributed by atoms with Crippen LogP contribution in [0.5, 0.6) is 11.5 Å². The maximum absolute atomic E-state index is 10.2. The van der Waals surface area contributed by atoms with E-state index in [9.17, 15) is 10.4 Å². The first kappa shape index (κ1) is 38.7. The number of benzene rings is 6. The largest absolute Gasteiger partial charge is 0.506 e. The number of nitrogens with zero attached hydrogens (tertiary/aromatic N) is 6. The molecule has 0 atom stereocenters. The molecule has 8 heteroatoms. The van der Waals surface area contributed by atoms with Crippen LogP contribution in [-0.4, -0.2) is 74.4 Å². The smallest absolute Gasteiger partial charge is 0.142 e. The molecule has 0 radical (unpaired) electrons. The molecule has 0 saturated carbocycles. The normalized spacial score (nSPS) is 14.5. The minimum atomic E-state index is 0.239. The van der Waals surface area contributed by atoms with E-state index in [1.165, 1.54) is 33.4 Å². The summed E-state index contributed by atoms with van der Waals surface area (Å²) in [7, 11) is 1.68. The van der Waals surface area contributed by atoms with Gasteiger partial charge in [0, 0.05) is 65.4 Å². The summed E-state index contributed by atoms with van der Waals surface area (Å²) in [5.74, 6) is 1.07. The fourth-order valence-corrected chi connectivity index (χ4v) is 7.62. The molecule has 2 aliphatic heterocycles. The zero-order chi connectivity index (χ0) is 39.4. The van der Waals surface area contributed by atoms with Gasteiger partial charge in [-0.1, -0.05) is 97.1 Å². The van der Waals surface area contributed by atoms with E-state index in [-0.39, 0.29) is 5.75 Å². The molecule has 1 N–H and O–H groups in total. The van der Waals surface area contributed by atoms with Gasteiger partial charge in [0.1, 0.15) is 11.5 Å². The zero-order valence-electron chi connectivity index (χ0n) is 32.5. The Balaban J connectivity index is 0.000000174. The molecule has 0 spiro atoms. The number of phenols is 1. The third-order valence-corrected chi connectivity index (χ3v) is 10.7. The highest BCUT2D eigenvalue weighted by Gasteiger charge is 2.22. The van der Waals surface area contributed by atoms with Crippen molar-refractivity contribution in [3.63, 3.8) is 0 Å². The highest BCUT2D eigenvalue weighted by molar-refractivity contribution is 5.66. The van der Waals surface area contributed by atoms with Crippen LogP contribution in [0.4, 0.5) is 11.4 Å². The van der Waals surface area contributed by atoms with Crippen LogP contribution in [-0.2, 0) is 13.1 Å². The third kappa shape index (κ3) is 10.00. The van der Waals surface area contributed by atoms with E-state index in [1.807, 2.05) is 24.3 Å². The second-order valence-electron chi connectivity index (χ2n) is 14.5. The summed E-state index contributed by atoms with van der Waals surface area (Å²) in [5, 5.41) is 28.5. The lowest BCUT2D eigenvalue weighted by molar-refractivity contribution is 0.249. The molecule has 0 aliphatic carbocycles. The highest BCUT2D eigenvalue weighted by Crippen LogP contribution is 2.31. The van der Waals surface area contributed by atoms with Gasteiger partial charge >= 0.3 is 0 Å². The Kier molecular flexibility index (Phi) is 12.8. The lowest BCUT2D eigenvalue weighted by Crippen LogP contribution is -2.46. The topological polar surface area (TPSA) is 90.0 Å². The van der Waals surface area contributed by atoms with E-state index in [1.54, 1.807) is 31.4 Å². The minimum absolute atomic E-state index is 0.239. The molecule has 6 aromatic carbocycles. The van der Waals surface area contributed by atoms with Crippen molar-refractivity contribution in [2.45, 2.75) is 13.1 Å². The lowest BCUT2D eigenvalue weighted by atomic mass is 10.0. The van der Waals surface area contributed by atoms with Gasteiger partial charge in [0.2, 0.25) is 0 Å². The zero-order valence-corrected chi connectivity index (χ0v) is 32.5. The Morgan fingerprint density at radius 3 is 1.40 bits per heavy atom. The Bertz CT molecular complexity index is 2320. The van der Waals surface area contributed by atoms with Crippen molar-refractivity contribution in [2.24, 2.45) is 0 Å². The van der Waals surface area contributed by atoms with Crippen molar-refractivity contribution in [2.75, 3.05) is 69.3 Å². The van der Waals surface area contributed by atoms with Crippen LogP contribution in [0.2, 0.25) is 0 Å². The van der Waals surface area contributed by atoms with Crippen LogP contribution < -0.4 is 14.5 Å². The molecule has 2 aliphatic rings. The van der Waals surface area contributed by atoms with Gasteiger partial charge < -0.3 is 19.6 Å². The first-order valence-electron chi connectivity index (χ1n) is 19.5. The predicted molar refractivity (Wildman–Crippen MR) is 229 cm³/mol. The molecule has 2 heterocycles. The van der Waals surface area contributed by atoms with Gasteiger partial charge in [-0.2, -0.15) is 10.5 Å². The fourth-order valence-electron chi connectivity index (χ4n) is 7.62. The molecule has 8 nitrogen and oxygen atoms in total. The van der Waals surface area contributed by atoms with E-state index < -0.39 is 0 Å². The number of methoxy groups -OCH3 is 1. The van der Waals surface area contributed by atoms with Crippen LogP contribution in [0.3, 0.4) is 0 Å². The van der Waals surface area contributed by atoms with Crippen LogP contribution in [0.25, 0.3) is 22.3 Å². The number of hydrogen-bond donors (Lipinski definition) is 1. The Labute approximate surface area is 336 Å². The molecule has 0 bridgehead atoms. The number of nitriles is 2. The number of aromatic hydroxyl groups is 1. The van der Waals surface area contributed by atoms with Crippen molar-refractivity contribution >= 4 is 11.4 Å². The number of anilines is 2. The van der Waals surface area contributed by atoms with Crippen molar-refractivity contribution in [1.82, 2.24) is 9.80 Å². The summed E-state index contributed by atoms with van der Waals surface area (Å²) in [4.78, 5) is 9.40. The van der Waals surface area contributed by atoms with Crippen LogP contribution in [0.15, 0.2) is 146 Å². The molecular weight excluding hydrogens is 705 g/mol. The van der Waals surface area contributed by atoms with Gasteiger partial charge in [0.05, 0.1) is 41.7 Å². The molecular formula is C49H48N6O2. The quantitative estimate of drug-likeness (QED) is 0.157. The number of rotatable bonds is 9. The van der Waals surface area contributed by atoms with Crippen LogP contribution in [0.1, 0.15) is 22.3 Å². The summed E-state index contributed by atoms with van der Waals surface area (Å²) in [6.07, 6.45) is 0. The van der Waals surface area contributed by atoms with E-state index in [0.29, 0.717) is 11.1 Å². The van der Waals surface area contributed by atoms with E-state index in [4.69, 9.17) is 10.00 Å². The summed E-state index contributed by atoms with van der Waals surface area (Å²) >= 11 is 0. The van der Waals surface area contributed by atoms with Gasteiger partial charge in [-0.3, -0.25) is 9.80 Å². The molecule has 6 aromatic rings. The van der Waals surface area contributed by atoms with Gasteiger partial charge in [0.15, 0.2) is 0 Å². The molecule has 286 valence electrons. The van der Waals surface area contributed by atoms with Crippen LogP contribution in [0, 0.1) is 22.7 Å². The summed E-state index contributed by atoms with van der Waals surface area (Å²) in [5.41, 5.74) is 10.7. The molecule has 57 heavy (non-hydrogen) atoms. The first-order chi connectivity index (χ1) is 28.0. The minimum Gasteiger partial charge on any atom is -0.506 e. The lowest BCUT2D eigenvalue weighted by Gasteiger charge is -2.36. The van der Waals surface area contributed by atoms with Crippen molar-refractivity contribution in [3.05, 3.63) is 168 Å². The Hall–Kier alpha value is -6.58. The fraction of sp³-hybridized carbons (Fsp3) is 0.224. The first-order valence-corrected chi connectivity index (χ1v) is 19.5. The third-order valence-electron chi connectivity index (χ3n) is 10.7. The van der Waals surface area contributed by atoms with Gasteiger partial charge in [-0.15, -0.1) is 0 Å². The maximum Gasteiger partial charge on any atom is 0.142 e. The van der Waals surface area contributed by atoms with Crippen molar-refractivity contribution in [1.29, 1.82) is 10.5 Å². The van der Waals surface area contributed by atoms with E-state index >= 15 is 0 Å². The number of hydrogen-bond acceptors (Lipinski definition) is 8. The molecule has 8 rings (SSSR count). The molecule has 0 amide bonds. The Morgan fingerprint density at radius 1 is 0.491 bits per heavy atom. The van der Waals surface area contributed by atoms with E-state index in [0.717, 1.165) is 82.6 Å². The molecule has 2 saturated heterocycles. The number of piperazine rings is 2. The van der Waals surface area contributed by atoms with Crippen molar-refractivity contribution in [3.8, 4) is 45.9 Å². The highest BCUT2D eigenvalue weighted by atomic mass is 16.5. The molecule has 2 fully saturated rings. The van der Waals surface area contributed by atoms with Gasteiger partial charge in [-0.25, -0.2) is 0 Å². The standard InChI is InChI=1S/C25H25N3O.C24H23N3O/c1-29-25-11-10-20(18-26)17-24(25)28-14-12-27(13-15-28)19-21-6-5-9-23(16-21)22-7-3-2-4-8-22;25-17-19-9-10-24(28)23(16-19)27-13-11-26(12-14-27)18-20-5-4-8-22(15-20)21-6-2-1-3-7-21/h2-11,16-17H,12-15,19H2,1H3;1-10,15-16,28H,11-14,18H2. The molecule has 0 unspecified atom stereocenters. The second kappa shape index (κ2) is 18.8. The van der Waals surface area contributed by atoms with E-state index in [2.05, 4.69) is 129 Å². The van der Waals surface area contributed by atoms with Gasteiger partial charge in [-0.05, 0) is 81.9 Å². The van der Waals surface area contributed by atoms with Gasteiger partial charge in [0.25, 0.3) is 0 Å². The second-order valence-corrected chi connectivity index (χ2v) is 14.5. The average Bonchev–Trinajstić information content (AvgIpc) is 3.28. The SMILES string of the molecule is COc1ccc(C#N)cc1N1CCN(Cc2cccc(-c3ccccc3)c2)CC1.N#Cc1ccc(O)c(N2CCN(Cc3cccc(-c4ccccc4)c3)CC2)c1. The predicted octanol–water partition coefficient (Wildman–Crippen LogP) is 8.81. The summed E-state index contributed by atoms with van der Waals surface area (Å²) < 4.78 is 5.51. The number of ether oxygens (including phenoxy) is 1. The molecule has 0 aromatic heterocycles. The maximum atomic E-state index is 10.2. The summed E-state index contributed by atoms with van der Waals surface area (Å²) in [6.45, 7) is 9.18. The summed E-state index contributed by atoms with van der Waals surface area (Å²) in [6, 6.07) is 53.5. The number of phenolic OH excluding ortho intramolecular Hbond substituents is 1. The monoisotopic (exact) mass is 752 g/mol. The van der Waals surface area contributed by atoms with Crippen molar-refractivity contribution < 1.29 is 9.84 Å².